The maximum atomic E-state index is 10.9. The van der Waals surface area contributed by atoms with E-state index in [1.807, 2.05) is 6.07 Å². The fourth-order valence-corrected chi connectivity index (χ4v) is 2.20. The van der Waals surface area contributed by atoms with Gasteiger partial charge in [0.25, 0.3) is 5.69 Å². The molecule has 2 rings (SSSR count). The Kier molecular flexibility index (Phi) is 3.17. The number of nitrogens with zero attached hydrogens (tertiary/aromatic N) is 2. The van der Waals surface area contributed by atoms with Gasteiger partial charge < -0.3 is 10.2 Å². The summed E-state index contributed by atoms with van der Waals surface area (Å²) in [6.07, 6.45) is 1.15. The molecule has 0 saturated carbocycles. The summed E-state index contributed by atoms with van der Waals surface area (Å²) >= 11 is 0. The van der Waals surface area contributed by atoms with E-state index in [-0.39, 0.29) is 10.6 Å². The van der Waals surface area contributed by atoms with Crippen molar-refractivity contribution in [1.29, 1.82) is 0 Å². The number of hydrogen-bond acceptors (Lipinski definition) is 4. The Morgan fingerprint density at radius 2 is 2.24 bits per heavy atom. The minimum absolute atomic E-state index is 0.145. The molecule has 1 heterocycles. The molecule has 1 aliphatic rings. The second-order valence-electron chi connectivity index (χ2n) is 4.59. The van der Waals surface area contributed by atoms with Crippen LogP contribution in [-0.4, -0.2) is 25.1 Å². The molecule has 1 fully saturated rings. The third kappa shape index (κ3) is 2.49. The van der Waals surface area contributed by atoms with Crippen molar-refractivity contribution in [1.82, 2.24) is 0 Å². The van der Waals surface area contributed by atoms with Crippen LogP contribution in [0.4, 0.5) is 17.1 Å². The van der Waals surface area contributed by atoms with Crippen LogP contribution in [0.5, 0.6) is 0 Å². The lowest BCUT2D eigenvalue weighted by Gasteiger charge is -2.18. The van der Waals surface area contributed by atoms with Crippen LogP contribution < -0.4 is 10.2 Å². The molecule has 1 unspecified atom stereocenters. The van der Waals surface area contributed by atoms with E-state index in [1.165, 1.54) is 0 Å². The lowest BCUT2D eigenvalue weighted by atomic mass is 10.2. The van der Waals surface area contributed by atoms with E-state index in [4.69, 9.17) is 0 Å². The van der Waals surface area contributed by atoms with Crippen molar-refractivity contribution >= 4 is 17.1 Å². The number of rotatable bonds is 3. The minimum atomic E-state index is -0.343. The Hall–Kier alpha value is -1.78. The van der Waals surface area contributed by atoms with Crippen LogP contribution in [0.3, 0.4) is 0 Å². The number of benzene rings is 1. The average Bonchev–Trinajstić information content (AvgIpc) is 2.75. The topological polar surface area (TPSA) is 58.4 Å². The van der Waals surface area contributed by atoms with Crippen molar-refractivity contribution in [3.63, 3.8) is 0 Å². The monoisotopic (exact) mass is 235 g/mol. The first-order valence-electron chi connectivity index (χ1n) is 5.82. The molecule has 0 aliphatic carbocycles. The van der Waals surface area contributed by atoms with Crippen LogP contribution in [0, 0.1) is 16.0 Å². The first kappa shape index (κ1) is 11.7. The van der Waals surface area contributed by atoms with Gasteiger partial charge in [-0.1, -0.05) is 6.92 Å². The molecule has 0 radical (unpaired) electrons. The number of non-ortho nitro benzene ring substituents is 1. The molecule has 1 N–H and O–H groups in total. The summed E-state index contributed by atoms with van der Waals surface area (Å²) in [5.74, 6) is 0.660. The minimum Gasteiger partial charge on any atom is -0.388 e. The molecule has 17 heavy (non-hydrogen) atoms. The molecule has 0 bridgehead atoms. The fourth-order valence-electron chi connectivity index (χ4n) is 2.20. The Bertz CT molecular complexity index is 434. The smallest absolute Gasteiger partial charge is 0.273 e. The SMILES string of the molecule is CNc1cc(N2CCC(C)C2)cc([N+](=O)[O-])c1. The predicted molar refractivity (Wildman–Crippen MR) is 68.6 cm³/mol. The third-order valence-electron chi connectivity index (χ3n) is 3.19. The molecule has 1 aromatic carbocycles. The van der Waals surface area contributed by atoms with Gasteiger partial charge in [-0.25, -0.2) is 0 Å². The van der Waals surface area contributed by atoms with Crippen molar-refractivity contribution < 1.29 is 4.92 Å². The number of nitro benzene ring substituents is 1. The highest BCUT2D eigenvalue weighted by Crippen LogP contribution is 2.30. The van der Waals surface area contributed by atoms with Gasteiger partial charge in [-0.3, -0.25) is 10.1 Å². The van der Waals surface area contributed by atoms with Gasteiger partial charge in [-0.2, -0.15) is 0 Å². The molecule has 5 heteroatoms. The van der Waals surface area contributed by atoms with Crippen LogP contribution in [0.15, 0.2) is 18.2 Å². The molecule has 1 aromatic rings. The summed E-state index contributed by atoms with van der Waals surface area (Å²) in [5, 5.41) is 13.8. The van der Waals surface area contributed by atoms with E-state index in [9.17, 15) is 10.1 Å². The lowest BCUT2D eigenvalue weighted by Crippen LogP contribution is -2.19. The first-order valence-corrected chi connectivity index (χ1v) is 5.82. The fraction of sp³-hybridized carbons (Fsp3) is 0.500. The van der Waals surface area contributed by atoms with Gasteiger partial charge in [0, 0.05) is 43.6 Å². The molecule has 0 amide bonds. The third-order valence-corrected chi connectivity index (χ3v) is 3.19. The highest BCUT2D eigenvalue weighted by molar-refractivity contribution is 5.64. The molecule has 1 aliphatic heterocycles. The number of anilines is 2. The standard InChI is InChI=1S/C12H17N3O2/c1-9-3-4-14(8-9)11-5-10(13-2)6-12(7-11)15(16)17/h5-7,9,13H,3-4,8H2,1-2H3. The van der Waals surface area contributed by atoms with Crippen molar-refractivity contribution in [2.24, 2.45) is 5.92 Å². The largest absolute Gasteiger partial charge is 0.388 e. The summed E-state index contributed by atoms with van der Waals surface area (Å²) in [4.78, 5) is 12.7. The summed E-state index contributed by atoms with van der Waals surface area (Å²) in [6, 6.07) is 5.17. The van der Waals surface area contributed by atoms with Crippen LogP contribution in [0.1, 0.15) is 13.3 Å². The van der Waals surface area contributed by atoms with Gasteiger partial charge in [0.05, 0.1) is 4.92 Å². The zero-order valence-electron chi connectivity index (χ0n) is 10.1. The summed E-state index contributed by atoms with van der Waals surface area (Å²) in [7, 11) is 1.77. The maximum Gasteiger partial charge on any atom is 0.273 e. The van der Waals surface area contributed by atoms with E-state index in [1.54, 1.807) is 19.2 Å². The number of hydrogen-bond donors (Lipinski definition) is 1. The molecule has 92 valence electrons. The van der Waals surface area contributed by atoms with E-state index < -0.39 is 0 Å². The summed E-state index contributed by atoms with van der Waals surface area (Å²) in [5.41, 5.74) is 1.87. The van der Waals surface area contributed by atoms with Crippen LogP contribution in [0.25, 0.3) is 0 Å². The number of nitrogens with one attached hydrogen (secondary N) is 1. The Morgan fingerprint density at radius 1 is 1.47 bits per heavy atom. The lowest BCUT2D eigenvalue weighted by molar-refractivity contribution is -0.384. The van der Waals surface area contributed by atoms with Crippen molar-refractivity contribution in [2.75, 3.05) is 30.4 Å². The Labute approximate surface area is 101 Å². The first-order chi connectivity index (χ1) is 8.10. The summed E-state index contributed by atoms with van der Waals surface area (Å²) in [6.45, 7) is 4.16. The second-order valence-corrected chi connectivity index (χ2v) is 4.59. The molecule has 0 spiro atoms. The van der Waals surface area contributed by atoms with Gasteiger partial charge in [0.2, 0.25) is 0 Å². The molecule has 1 atom stereocenters. The maximum absolute atomic E-state index is 10.9. The van der Waals surface area contributed by atoms with E-state index >= 15 is 0 Å². The molecular weight excluding hydrogens is 218 g/mol. The van der Waals surface area contributed by atoms with Gasteiger partial charge in [0.15, 0.2) is 0 Å². The Morgan fingerprint density at radius 3 is 2.76 bits per heavy atom. The zero-order valence-corrected chi connectivity index (χ0v) is 10.1. The molecule has 1 saturated heterocycles. The highest BCUT2D eigenvalue weighted by Gasteiger charge is 2.21. The Balaban J connectivity index is 2.32. The highest BCUT2D eigenvalue weighted by atomic mass is 16.6. The van der Waals surface area contributed by atoms with Gasteiger partial charge in [-0.15, -0.1) is 0 Å². The van der Waals surface area contributed by atoms with Gasteiger partial charge in [0.1, 0.15) is 0 Å². The van der Waals surface area contributed by atoms with E-state index in [0.29, 0.717) is 5.92 Å². The van der Waals surface area contributed by atoms with Crippen molar-refractivity contribution in [3.05, 3.63) is 28.3 Å². The van der Waals surface area contributed by atoms with Crippen molar-refractivity contribution in [3.8, 4) is 0 Å². The van der Waals surface area contributed by atoms with E-state index in [0.717, 1.165) is 30.9 Å². The molecular formula is C12H17N3O2. The van der Waals surface area contributed by atoms with Crippen molar-refractivity contribution in [2.45, 2.75) is 13.3 Å². The van der Waals surface area contributed by atoms with Crippen LogP contribution >= 0.6 is 0 Å². The van der Waals surface area contributed by atoms with E-state index in [2.05, 4.69) is 17.1 Å². The predicted octanol–water partition coefficient (Wildman–Crippen LogP) is 2.48. The normalized spacial score (nSPS) is 19.4. The van der Waals surface area contributed by atoms with Gasteiger partial charge >= 0.3 is 0 Å². The molecule has 5 nitrogen and oxygen atoms in total. The number of nitro groups is 1. The van der Waals surface area contributed by atoms with Crippen LogP contribution in [-0.2, 0) is 0 Å². The quantitative estimate of drug-likeness (QED) is 0.646. The molecule has 0 aromatic heterocycles. The zero-order chi connectivity index (χ0) is 12.4. The van der Waals surface area contributed by atoms with Gasteiger partial charge in [-0.05, 0) is 18.4 Å². The van der Waals surface area contributed by atoms with Crippen LogP contribution in [0.2, 0.25) is 0 Å². The summed E-state index contributed by atoms with van der Waals surface area (Å²) < 4.78 is 0. The average molecular weight is 235 g/mol. The second kappa shape index (κ2) is 4.61.